The van der Waals surface area contributed by atoms with Gasteiger partial charge in [0.15, 0.2) is 0 Å². The number of rotatable bonds is 5. The Bertz CT molecular complexity index is 911. The highest BCUT2D eigenvalue weighted by molar-refractivity contribution is 9.10. The van der Waals surface area contributed by atoms with Crippen LogP contribution < -0.4 is 4.74 Å². The molecule has 25 heavy (non-hydrogen) atoms. The third kappa shape index (κ3) is 4.04. The van der Waals surface area contributed by atoms with Gasteiger partial charge in [0.1, 0.15) is 29.3 Å². The Balaban J connectivity index is 1.87. The maximum Gasteiger partial charge on any atom is 0.342 e. The zero-order valence-electron chi connectivity index (χ0n) is 14.3. The molecule has 2 aromatic carbocycles. The molecule has 0 aliphatic rings. The van der Waals surface area contributed by atoms with Gasteiger partial charge in [-0.15, -0.1) is 0 Å². The average Bonchev–Trinajstić information content (AvgIpc) is 2.87. The van der Waals surface area contributed by atoms with Crippen LogP contribution in [0.5, 0.6) is 5.75 Å². The predicted octanol–water partition coefficient (Wildman–Crippen LogP) is 5.65. The van der Waals surface area contributed by atoms with E-state index in [1.165, 1.54) is 0 Å². The van der Waals surface area contributed by atoms with E-state index in [9.17, 15) is 4.79 Å². The van der Waals surface area contributed by atoms with Crippen molar-refractivity contribution in [2.24, 2.45) is 0 Å². The largest absolute Gasteiger partial charge is 0.489 e. The number of ether oxygens (including phenoxy) is 2. The van der Waals surface area contributed by atoms with Gasteiger partial charge >= 0.3 is 5.97 Å². The average molecular weight is 403 g/mol. The Labute approximate surface area is 154 Å². The molecule has 1 heterocycles. The topological polar surface area (TPSA) is 48.7 Å². The van der Waals surface area contributed by atoms with Gasteiger partial charge < -0.3 is 13.9 Å². The van der Waals surface area contributed by atoms with E-state index in [2.05, 4.69) is 15.9 Å². The van der Waals surface area contributed by atoms with Gasteiger partial charge in [-0.1, -0.05) is 28.1 Å². The van der Waals surface area contributed by atoms with Crippen LogP contribution in [0.3, 0.4) is 0 Å². The Morgan fingerprint density at radius 1 is 1.20 bits per heavy atom. The molecule has 0 atom stereocenters. The molecule has 0 unspecified atom stereocenters. The first-order valence-corrected chi connectivity index (χ1v) is 8.84. The number of esters is 1. The van der Waals surface area contributed by atoms with Crippen molar-refractivity contribution in [2.75, 3.05) is 0 Å². The van der Waals surface area contributed by atoms with Crippen LogP contribution in [0.2, 0.25) is 0 Å². The van der Waals surface area contributed by atoms with Crippen molar-refractivity contribution in [1.29, 1.82) is 0 Å². The summed E-state index contributed by atoms with van der Waals surface area (Å²) in [5, 5.41) is 0.704. The molecule has 0 fully saturated rings. The summed E-state index contributed by atoms with van der Waals surface area (Å²) in [6, 6.07) is 13.4. The normalized spacial score (nSPS) is 11.1. The van der Waals surface area contributed by atoms with Gasteiger partial charge in [0, 0.05) is 9.86 Å². The molecular weight excluding hydrogens is 384 g/mol. The maximum absolute atomic E-state index is 12.4. The molecule has 0 saturated heterocycles. The zero-order chi connectivity index (χ0) is 18.0. The molecule has 130 valence electrons. The quantitative estimate of drug-likeness (QED) is 0.517. The number of carbonyl (C=O) groups excluding carboxylic acids is 1. The Morgan fingerprint density at radius 2 is 2.00 bits per heavy atom. The van der Waals surface area contributed by atoms with Crippen LogP contribution in [0.1, 0.15) is 35.5 Å². The summed E-state index contributed by atoms with van der Waals surface area (Å²) in [6.45, 7) is 5.84. The first kappa shape index (κ1) is 17.5. The monoisotopic (exact) mass is 402 g/mol. The second-order valence-electron chi connectivity index (χ2n) is 6.06. The van der Waals surface area contributed by atoms with Gasteiger partial charge in [-0.3, -0.25) is 0 Å². The molecule has 0 spiro atoms. The van der Waals surface area contributed by atoms with Gasteiger partial charge in [-0.2, -0.15) is 0 Å². The minimum Gasteiger partial charge on any atom is -0.489 e. The van der Waals surface area contributed by atoms with Crippen molar-refractivity contribution >= 4 is 32.9 Å². The van der Waals surface area contributed by atoms with Crippen LogP contribution in [0, 0.1) is 6.92 Å². The number of carbonyl (C=O) groups is 1. The molecule has 4 nitrogen and oxygen atoms in total. The number of halogens is 1. The van der Waals surface area contributed by atoms with Crippen molar-refractivity contribution in [3.05, 3.63) is 63.8 Å². The molecule has 1 aromatic heterocycles. The molecule has 0 amide bonds. The third-order valence-electron chi connectivity index (χ3n) is 3.68. The van der Waals surface area contributed by atoms with Crippen molar-refractivity contribution in [3.8, 4) is 5.75 Å². The number of hydrogen-bond donors (Lipinski definition) is 0. The molecule has 5 heteroatoms. The third-order valence-corrected chi connectivity index (χ3v) is 4.17. The van der Waals surface area contributed by atoms with Gasteiger partial charge in [0.2, 0.25) is 0 Å². The molecule has 0 aliphatic carbocycles. The van der Waals surface area contributed by atoms with Crippen LogP contribution in [0.4, 0.5) is 0 Å². The second kappa shape index (κ2) is 7.31. The lowest BCUT2D eigenvalue weighted by Gasteiger charge is -2.08. The fraction of sp³-hybridized carbons (Fsp3) is 0.250. The molecule has 3 rings (SSSR count). The minimum absolute atomic E-state index is 0.187. The van der Waals surface area contributed by atoms with Crippen molar-refractivity contribution in [2.45, 2.75) is 33.5 Å². The summed E-state index contributed by atoms with van der Waals surface area (Å²) in [4.78, 5) is 12.4. The molecule has 0 N–H and O–H groups in total. The van der Waals surface area contributed by atoms with Crippen molar-refractivity contribution in [3.63, 3.8) is 0 Å². The number of furan rings is 1. The first-order chi connectivity index (χ1) is 11.9. The van der Waals surface area contributed by atoms with E-state index in [0.717, 1.165) is 10.0 Å². The van der Waals surface area contributed by atoms with E-state index in [-0.39, 0.29) is 12.1 Å². The van der Waals surface area contributed by atoms with E-state index in [0.29, 0.717) is 34.6 Å². The van der Waals surface area contributed by atoms with Crippen LogP contribution in [-0.2, 0) is 11.3 Å². The van der Waals surface area contributed by atoms with E-state index in [1.807, 2.05) is 56.3 Å². The number of hydrogen-bond acceptors (Lipinski definition) is 4. The standard InChI is InChI=1S/C20H19BrO4/c1-12(2)24-20(22)19-13(3)25-18-8-7-16(10-17(18)19)23-11-14-5-4-6-15(21)9-14/h4-10,12H,11H2,1-3H3. The number of fused-ring (bicyclic) bond motifs is 1. The van der Waals surface area contributed by atoms with Gasteiger partial charge in [0.05, 0.1) is 6.10 Å². The Morgan fingerprint density at radius 3 is 2.72 bits per heavy atom. The molecule has 0 saturated carbocycles. The first-order valence-electron chi connectivity index (χ1n) is 8.05. The summed E-state index contributed by atoms with van der Waals surface area (Å²) < 4.78 is 17.9. The fourth-order valence-electron chi connectivity index (χ4n) is 2.61. The molecular formula is C20H19BrO4. The van der Waals surface area contributed by atoms with Crippen LogP contribution >= 0.6 is 15.9 Å². The zero-order valence-corrected chi connectivity index (χ0v) is 15.9. The highest BCUT2D eigenvalue weighted by Crippen LogP contribution is 2.30. The number of aryl methyl sites for hydroxylation is 1. The molecule has 0 bridgehead atoms. The molecule has 3 aromatic rings. The van der Waals surface area contributed by atoms with Gasteiger partial charge in [-0.05, 0) is 56.7 Å². The van der Waals surface area contributed by atoms with Crippen LogP contribution in [0.15, 0.2) is 51.4 Å². The lowest BCUT2D eigenvalue weighted by molar-refractivity contribution is 0.0378. The molecule has 0 aliphatic heterocycles. The van der Waals surface area contributed by atoms with E-state index >= 15 is 0 Å². The van der Waals surface area contributed by atoms with Crippen molar-refractivity contribution in [1.82, 2.24) is 0 Å². The van der Waals surface area contributed by atoms with Gasteiger partial charge in [0.25, 0.3) is 0 Å². The van der Waals surface area contributed by atoms with Crippen LogP contribution in [-0.4, -0.2) is 12.1 Å². The summed E-state index contributed by atoms with van der Waals surface area (Å²) >= 11 is 3.45. The summed E-state index contributed by atoms with van der Waals surface area (Å²) in [5.74, 6) is 0.840. The minimum atomic E-state index is -0.379. The highest BCUT2D eigenvalue weighted by Gasteiger charge is 2.21. The fourth-order valence-corrected chi connectivity index (χ4v) is 3.06. The smallest absolute Gasteiger partial charge is 0.342 e. The Kier molecular flexibility index (Phi) is 5.13. The van der Waals surface area contributed by atoms with E-state index in [1.54, 1.807) is 6.92 Å². The highest BCUT2D eigenvalue weighted by atomic mass is 79.9. The van der Waals surface area contributed by atoms with Gasteiger partial charge in [-0.25, -0.2) is 4.79 Å². The molecule has 0 radical (unpaired) electrons. The summed E-state index contributed by atoms with van der Waals surface area (Å²) in [7, 11) is 0. The van der Waals surface area contributed by atoms with Crippen molar-refractivity contribution < 1.29 is 18.7 Å². The summed E-state index contributed by atoms with van der Waals surface area (Å²) in [6.07, 6.45) is -0.187. The summed E-state index contributed by atoms with van der Waals surface area (Å²) in [5.41, 5.74) is 2.15. The predicted molar refractivity (Wildman–Crippen MR) is 100.0 cm³/mol. The SMILES string of the molecule is Cc1oc2ccc(OCc3cccc(Br)c3)cc2c1C(=O)OC(C)C. The maximum atomic E-state index is 12.4. The van der Waals surface area contributed by atoms with E-state index < -0.39 is 0 Å². The number of benzene rings is 2. The van der Waals surface area contributed by atoms with Crippen LogP contribution in [0.25, 0.3) is 11.0 Å². The lowest BCUT2D eigenvalue weighted by Crippen LogP contribution is -2.12. The lowest BCUT2D eigenvalue weighted by atomic mass is 10.1. The second-order valence-corrected chi connectivity index (χ2v) is 6.98. The van der Waals surface area contributed by atoms with E-state index in [4.69, 9.17) is 13.9 Å². The Hall–Kier alpha value is -2.27.